The van der Waals surface area contributed by atoms with E-state index in [4.69, 9.17) is 5.73 Å². The van der Waals surface area contributed by atoms with Crippen LogP contribution in [0.2, 0.25) is 0 Å². The Bertz CT molecular complexity index is 795. The first-order chi connectivity index (χ1) is 11.7. The van der Waals surface area contributed by atoms with Crippen LogP contribution in [0.4, 0.5) is 5.69 Å². The molecule has 2 aromatic carbocycles. The fraction of sp³-hybridized carbons (Fsp3) is 0.167. The molecule has 1 aromatic heterocycles. The van der Waals surface area contributed by atoms with Crippen molar-refractivity contribution in [2.45, 2.75) is 19.9 Å². The van der Waals surface area contributed by atoms with Crippen molar-refractivity contribution in [2.75, 3.05) is 5.32 Å². The van der Waals surface area contributed by atoms with Crippen LogP contribution in [0, 0.1) is 0 Å². The van der Waals surface area contributed by atoms with Gasteiger partial charge in [0, 0.05) is 5.69 Å². The highest BCUT2D eigenvalue weighted by Crippen LogP contribution is 2.11. The molecule has 0 saturated heterocycles. The number of aliphatic imine (C=N–C) groups is 1. The van der Waals surface area contributed by atoms with Gasteiger partial charge in [-0.05, 0) is 41.8 Å². The maximum atomic E-state index is 5.95. The predicted octanol–water partition coefficient (Wildman–Crippen LogP) is 3.37. The molecule has 0 aliphatic carbocycles. The van der Waals surface area contributed by atoms with E-state index in [1.165, 1.54) is 11.9 Å². The summed E-state index contributed by atoms with van der Waals surface area (Å²) >= 11 is 0. The molecule has 130 valence electrons. The first-order valence-electron chi connectivity index (χ1n) is 7.84. The van der Waals surface area contributed by atoms with Gasteiger partial charge in [-0.15, -0.1) is 24.0 Å². The van der Waals surface area contributed by atoms with Crippen LogP contribution in [0.25, 0.3) is 5.69 Å². The summed E-state index contributed by atoms with van der Waals surface area (Å²) in [6.45, 7) is 2.65. The number of nitrogens with one attached hydrogen (secondary N) is 1. The number of anilines is 1. The molecule has 0 saturated carbocycles. The first kappa shape index (κ1) is 18.9. The number of aromatic nitrogens is 3. The van der Waals surface area contributed by atoms with Crippen LogP contribution in [0.3, 0.4) is 0 Å². The quantitative estimate of drug-likeness (QED) is 0.356. The number of benzene rings is 2. The topological polar surface area (TPSA) is 81.1 Å². The zero-order chi connectivity index (χ0) is 16.8. The zero-order valence-corrected chi connectivity index (χ0v) is 16.3. The summed E-state index contributed by atoms with van der Waals surface area (Å²) < 4.78 is 1.71. The summed E-state index contributed by atoms with van der Waals surface area (Å²) in [6.07, 6.45) is 4.20. The van der Waals surface area contributed by atoms with Crippen LogP contribution in [-0.2, 0) is 13.0 Å². The van der Waals surface area contributed by atoms with Crippen LogP contribution in [-0.4, -0.2) is 20.7 Å². The summed E-state index contributed by atoms with van der Waals surface area (Å²) in [5.74, 6) is 0.402. The van der Waals surface area contributed by atoms with E-state index in [-0.39, 0.29) is 24.0 Å². The third-order valence-electron chi connectivity index (χ3n) is 3.69. The number of halogens is 1. The van der Waals surface area contributed by atoms with Gasteiger partial charge in [-0.3, -0.25) is 0 Å². The van der Waals surface area contributed by atoms with Crippen LogP contribution in [0.15, 0.2) is 66.2 Å². The van der Waals surface area contributed by atoms with E-state index in [0.717, 1.165) is 23.4 Å². The molecule has 0 spiro atoms. The van der Waals surface area contributed by atoms with Crippen molar-refractivity contribution in [1.82, 2.24) is 14.8 Å². The lowest BCUT2D eigenvalue weighted by Crippen LogP contribution is -2.22. The Balaban J connectivity index is 0.00000225. The summed E-state index contributed by atoms with van der Waals surface area (Å²) in [5.41, 5.74) is 10.2. The second-order valence-electron chi connectivity index (χ2n) is 5.38. The zero-order valence-electron chi connectivity index (χ0n) is 14.0. The Kier molecular flexibility index (Phi) is 6.93. The predicted molar refractivity (Wildman–Crippen MR) is 112 cm³/mol. The van der Waals surface area contributed by atoms with E-state index >= 15 is 0 Å². The monoisotopic (exact) mass is 448 g/mol. The molecule has 0 aliphatic rings. The Labute approximate surface area is 164 Å². The number of hydrogen-bond donors (Lipinski definition) is 2. The molecule has 0 radical (unpaired) electrons. The van der Waals surface area contributed by atoms with Crippen LogP contribution in [0.1, 0.15) is 18.1 Å². The van der Waals surface area contributed by atoms with E-state index in [9.17, 15) is 0 Å². The number of nitrogens with two attached hydrogens (primary N) is 1. The summed E-state index contributed by atoms with van der Waals surface area (Å²) in [6, 6.07) is 16.1. The molecule has 1 heterocycles. The molecule has 25 heavy (non-hydrogen) atoms. The lowest BCUT2D eigenvalue weighted by atomic mass is 10.1. The molecule has 6 nitrogen and oxygen atoms in total. The lowest BCUT2D eigenvalue weighted by Gasteiger charge is -2.07. The third-order valence-corrected chi connectivity index (χ3v) is 3.69. The molecule has 3 aromatic rings. The maximum Gasteiger partial charge on any atom is 0.193 e. The van der Waals surface area contributed by atoms with Crippen molar-refractivity contribution in [3.63, 3.8) is 0 Å². The standard InChI is InChI=1S/C18H20N6.HI/c1-2-14-3-7-16(8-4-14)23-18(19)21-11-15-5-9-17(10-6-15)24-13-20-12-22-24;/h3-10,12-13H,2,11H2,1H3,(H3,19,21,23);1H. The third kappa shape index (κ3) is 5.28. The van der Waals surface area contributed by atoms with Gasteiger partial charge in [-0.1, -0.05) is 31.2 Å². The van der Waals surface area contributed by atoms with Gasteiger partial charge in [0.15, 0.2) is 5.96 Å². The van der Waals surface area contributed by atoms with Crippen molar-refractivity contribution in [3.8, 4) is 5.69 Å². The SMILES string of the molecule is CCc1ccc(NC(N)=NCc2ccc(-n3cncn3)cc2)cc1.I. The van der Waals surface area contributed by atoms with E-state index in [1.54, 1.807) is 11.0 Å². The minimum atomic E-state index is 0. The smallest absolute Gasteiger partial charge is 0.193 e. The minimum absolute atomic E-state index is 0. The molecule has 0 amide bonds. The summed E-state index contributed by atoms with van der Waals surface area (Å²) in [5, 5.41) is 7.20. The molecule has 0 aliphatic heterocycles. The molecule has 0 bridgehead atoms. The van der Waals surface area contributed by atoms with E-state index in [0.29, 0.717) is 12.5 Å². The Hall–Kier alpha value is -2.42. The highest BCUT2D eigenvalue weighted by molar-refractivity contribution is 14.0. The van der Waals surface area contributed by atoms with Crippen LogP contribution < -0.4 is 11.1 Å². The van der Waals surface area contributed by atoms with Crippen molar-refractivity contribution in [3.05, 3.63) is 72.3 Å². The van der Waals surface area contributed by atoms with E-state index < -0.39 is 0 Å². The van der Waals surface area contributed by atoms with Gasteiger partial charge >= 0.3 is 0 Å². The van der Waals surface area contributed by atoms with E-state index in [1.807, 2.05) is 36.4 Å². The number of aryl methyl sites for hydroxylation is 1. The molecule has 0 unspecified atom stereocenters. The number of hydrogen-bond acceptors (Lipinski definition) is 3. The van der Waals surface area contributed by atoms with Crippen LogP contribution >= 0.6 is 24.0 Å². The second kappa shape index (κ2) is 9.16. The number of rotatable bonds is 5. The van der Waals surface area contributed by atoms with Gasteiger partial charge in [-0.25, -0.2) is 14.7 Å². The lowest BCUT2D eigenvalue weighted by molar-refractivity contribution is 0.877. The Morgan fingerprint density at radius 3 is 2.36 bits per heavy atom. The van der Waals surface area contributed by atoms with Gasteiger partial charge in [0.25, 0.3) is 0 Å². The normalized spacial score (nSPS) is 11.0. The van der Waals surface area contributed by atoms with Gasteiger partial charge in [0.05, 0.1) is 12.2 Å². The molecule has 7 heteroatoms. The van der Waals surface area contributed by atoms with Crippen molar-refractivity contribution >= 4 is 35.6 Å². The number of nitrogens with zero attached hydrogens (tertiary/aromatic N) is 4. The fourth-order valence-corrected chi connectivity index (χ4v) is 2.28. The molecule has 3 rings (SSSR count). The van der Waals surface area contributed by atoms with Gasteiger partial charge in [0.1, 0.15) is 12.7 Å². The Morgan fingerprint density at radius 1 is 1.08 bits per heavy atom. The maximum absolute atomic E-state index is 5.95. The largest absolute Gasteiger partial charge is 0.370 e. The van der Waals surface area contributed by atoms with Gasteiger partial charge < -0.3 is 11.1 Å². The second-order valence-corrected chi connectivity index (χ2v) is 5.38. The molecule has 0 fully saturated rings. The van der Waals surface area contributed by atoms with Crippen molar-refractivity contribution in [1.29, 1.82) is 0 Å². The highest BCUT2D eigenvalue weighted by Gasteiger charge is 1.99. The molecular weight excluding hydrogens is 427 g/mol. The average molecular weight is 448 g/mol. The molecular formula is C18H21IN6. The summed E-state index contributed by atoms with van der Waals surface area (Å²) in [4.78, 5) is 8.31. The van der Waals surface area contributed by atoms with Crippen molar-refractivity contribution < 1.29 is 0 Å². The molecule has 3 N–H and O–H groups in total. The Morgan fingerprint density at radius 2 is 1.76 bits per heavy atom. The van der Waals surface area contributed by atoms with Crippen molar-refractivity contribution in [2.24, 2.45) is 10.7 Å². The van der Waals surface area contributed by atoms with Gasteiger partial charge in [0.2, 0.25) is 0 Å². The number of guanidine groups is 1. The first-order valence-corrected chi connectivity index (χ1v) is 7.84. The highest BCUT2D eigenvalue weighted by atomic mass is 127. The molecule has 0 atom stereocenters. The minimum Gasteiger partial charge on any atom is -0.370 e. The van der Waals surface area contributed by atoms with Gasteiger partial charge in [-0.2, -0.15) is 5.10 Å². The summed E-state index contributed by atoms with van der Waals surface area (Å²) in [7, 11) is 0. The average Bonchev–Trinajstić information content (AvgIpc) is 3.16. The fourth-order valence-electron chi connectivity index (χ4n) is 2.28. The van der Waals surface area contributed by atoms with Crippen LogP contribution in [0.5, 0.6) is 0 Å². The van der Waals surface area contributed by atoms with E-state index in [2.05, 4.69) is 39.4 Å².